The van der Waals surface area contributed by atoms with E-state index in [1.165, 1.54) is 0 Å². The average Bonchev–Trinajstić information content (AvgIpc) is 2.43. The van der Waals surface area contributed by atoms with E-state index in [1.807, 2.05) is 30.3 Å². The topological polar surface area (TPSA) is 24.1 Å². The lowest BCUT2D eigenvalue weighted by molar-refractivity contribution is 0.722. The molecule has 2 aromatic carbocycles. The van der Waals surface area contributed by atoms with E-state index in [-0.39, 0.29) is 6.04 Å². The van der Waals surface area contributed by atoms with E-state index in [9.17, 15) is 0 Å². The van der Waals surface area contributed by atoms with Gasteiger partial charge in [0.1, 0.15) is 0 Å². The number of hydrogen-bond donors (Lipinski definition) is 2. The second kappa shape index (κ2) is 7.58. The van der Waals surface area contributed by atoms with Gasteiger partial charge in [-0.15, -0.1) is 0 Å². The van der Waals surface area contributed by atoms with Crippen molar-refractivity contribution in [2.24, 2.45) is 0 Å². The standard InChI is InChI=1S/C15H13Br2ClN2S/c1-9(10-2-4-11(16)5-3-10)19-15(21)20-12-6-7-13(17)14(18)8-12/h2-9H,1H3,(H2,19,20,21). The van der Waals surface area contributed by atoms with Gasteiger partial charge in [0, 0.05) is 14.6 Å². The van der Waals surface area contributed by atoms with Crippen LogP contribution in [-0.4, -0.2) is 5.11 Å². The fraction of sp³-hybridized carbons (Fsp3) is 0.133. The van der Waals surface area contributed by atoms with Crippen molar-refractivity contribution in [1.29, 1.82) is 0 Å². The third-order valence-corrected chi connectivity index (χ3v) is 4.88. The van der Waals surface area contributed by atoms with Crippen molar-refractivity contribution in [3.63, 3.8) is 0 Å². The lowest BCUT2D eigenvalue weighted by Crippen LogP contribution is -2.30. The number of benzene rings is 2. The van der Waals surface area contributed by atoms with Crippen LogP contribution in [0, 0.1) is 0 Å². The molecule has 2 rings (SSSR count). The highest BCUT2D eigenvalue weighted by Gasteiger charge is 2.07. The number of thiocarbonyl (C=S) groups is 1. The lowest BCUT2D eigenvalue weighted by Gasteiger charge is -2.17. The van der Waals surface area contributed by atoms with E-state index >= 15 is 0 Å². The summed E-state index contributed by atoms with van der Waals surface area (Å²) in [4.78, 5) is 0. The van der Waals surface area contributed by atoms with Gasteiger partial charge in [0.25, 0.3) is 0 Å². The summed E-state index contributed by atoms with van der Waals surface area (Å²) in [5.74, 6) is 0. The second-order valence-corrected chi connectivity index (χ2v) is 7.09. The molecular weight excluding hydrogens is 436 g/mol. The number of halogens is 3. The lowest BCUT2D eigenvalue weighted by atomic mass is 10.1. The first-order valence-corrected chi connectivity index (χ1v) is 8.61. The Balaban J connectivity index is 1.97. The predicted octanol–water partition coefficient (Wildman–Crippen LogP) is 5.91. The van der Waals surface area contributed by atoms with Gasteiger partial charge in [-0.3, -0.25) is 0 Å². The maximum Gasteiger partial charge on any atom is 0.171 e. The summed E-state index contributed by atoms with van der Waals surface area (Å²) < 4.78 is 1.92. The molecule has 1 unspecified atom stereocenters. The Labute approximate surface area is 151 Å². The number of rotatable bonds is 3. The summed E-state index contributed by atoms with van der Waals surface area (Å²) in [5.41, 5.74) is 2.01. The summed E-state index contributed by atoms with van der Waals surface area (Å²) >= 11 is 18.2. The van der Waals surface area contributed by atoms with Gasteiger partial charge in [0.15, 0.2) is 5.11 Å². The minimum Gasteiger partial charge on any atom is -0.356 e. The molecule has 0 aliphatic rings. The van der Waals surface area contributed by atoms with Crippen LogP contribution >= 0.6 is 55.7 Å². The number of nitrogens with one attached hydrogen (secondary N) is 2. The normalized spacial score (nSPS) is 11.8. The molecule has 2 aromatic rings. The number of anilines is 1. The first-order chi connectivity index (χ1) is 9.95. The Kier molecular flexibility index (Phi) is 6.05. The molecule has 0 saturated heterocycles. The molecule has 0 heterocycles. The van der Waals surface area contributed by atoms with Crippen molar-refractivity contribution in [3.8, 4) is 0 Å². The molecule has 21 heavy (non-hydrogen) atoms. The molecule has 2 nitrogen and oxygen atoms in total. The molecular formula is C15H13Br2ClN2S. The van der Waals surface area contributed by atoms with E-state index in [4.69, 9.17) is 23.8 Å². The van der Waals surface area contributed by atoms with Gasteiger partial charge in [-0.25, -0.2) is 0 Å². The molecule has 0 aromatic heterocycles. The fourth-order valence-corrected chi connectivity index (χ4v) is 2.76. The Bertz CT molecular complexity index is 647. The van der Waals surface area contributed by atoms with Crippen molar-refractivity contribution in [3.05, 3.63) is 62.0 Å². The predicted molar refractivity (Wildman–Crippen MR) is 101 cm³/mol. The van der Waals surface area contributed by atoms with Crippen molar-refractivity contribution in [1.82, 2.24) is 5.32 Å². The summed E-state index contributed by atoms with van der Waals surface area (Å²) in [6.45, 7) is 2.06. The minimum absolute atomic E-state index is 0.115. The van der Waals surface area contributed by atoms with E-state index in [2.05, 4.69) is 61.5 Å². The van der Waals surface area contributed by atoms with Gasteiger partial charge in [-0.2, -0.15) is 0 Å². The summed E-state index contributed by atoms with van der Waals surface area (Å²) in [6, 6.07) is 13.9. The van der Waals surface area contributed by atoms with E-state index < -0.39 is 0 Å². The van der Waals surface area contributed by atoms with Gasteiger partial charge in [0.05, 0.1) is 11.1 Å². The van der Waals surface area contributed by atoms with Crippen LogP contribution < -0.4 is 10.6 Å². The molecule has 2 N–H and O–H groups in total. The van der Waals surface area contributed by atoms with E-state index in [0.29, 0.717) is 10.1 Å². The maximum absolute atomic E-state index is 6.06. The molecule has 0 bridgehead atoms. The SMILES string of the molecule is CC(NC(=S)Nc1ccc(Br)c(Cl)c1)c1ccc(Br)cc1. The van der Waals surface area contributed by atoms with Crippen LogP contribution in [-0.2, 0) is 0 Å². The molecule has 6 heteroatoms. The van der Waals surface area contributed by atoms with Gasteiger partial charge >= 0.3 is 0 Å². The Hall–Kier alpha value is -0.620. The molecule has 0 aliphatic carbocycles. The highest BCUT2D eigenvalue weighted by atomic mass is 79.9. The smallest absolute Gasteiger partial charge is 0.171 e. The van der Waals surface area contributed by atoms with E-state index in [0.717, 1.165) is 20.2 Å². The van der Waals surface area contributed by atoms with Crippen molar-refractivity contribution in [2.75, 3.05) is 5.32 Å². The highest BCUT2D eigenvalue weighted by molar-refractivity contribution is 9.10. The monoisotopic (exact) mass is 446 g/mol. The zero-order valence-electron chi connectivity index (χ0n) is 11.2. The second-order valence-electron chi connectivity index (χ2n) is 4.50. The molecule has 0 radical (unpaired) electrons. The van der Waals surface area contributed by atoms with Gasteiger partial charge in [-0.05, 0) is 71.0 Å². The third kappa shape index (κ3) is 4.95. The Morgan fingerprint density at radius 1 is 1.14 bits per heavy atom. The van der Waals surface area contributed by atoms with Crippen LogP contribution in [0.5, 0.6) is 0 Å². The molecule has 1 atom stereocenters. The quantitative estimate of drug-likeness (QED) is 0.571. The summed E-state index contributed by atoms with van der Waals surface area (Å²) in [5, 5.41) is 7.58. The van der Waals surface area contributed by atoms with Gasteiger partial charge < -0.3 is 10.6 Å². The number of hydrogen-bond acceptors (Lipinski definition) is 1. The molecule has 0 saturated carbocycles. The van der Waals surface area contributed by atoms with Crippen LogP contribution in [0.1, 0.15) is 18.5 Å². The van der Waals surface area contributed by atoms with Crippen molar-refractivity contribution >= 4 is 66.5 Å². The van der Waals surface area contributed by atoms with Crippen LogP contribution in [0.3, 0.4) is 0 Å². The van der Waals surface area contributed by atoms with Crippen molar-refractivity contribution in [2.45, 2.75) is 13.0 Å². The van der Waals surface area contributed by atoms with Gasteiger partial charge in [0.2, 0.25) is 0 Å². The van der Waals surface area contributed by atoms with Crippen LogP contribution in [0.25, 0.3) is 0 Å². The Morgan fingerprint density at radius 3 is 2.43 bits per heavy atom. The Morgan fingerprint density at radius 2 is 1.81 bits per heavy atom. The zero-order valence-corrected chi connectivity index (χ0v) is 15.9. The van der Waals surface area contributed by atoms with E-state index in [1.54, 1.807) is 0 Å². The maximum atomic E-state index is 6.06. The molecule has 0 fully saturated rings. The first kappa shape index (κ1) is 16.7. The minimum atomic E-state index is 0.115. The first-order valence-electron chi connectivity index (χ1n) is 6.24. The highest BCUT2D eigenvalue weighted by Crippen LogP contribution is 2.25. The summed E-state index contributed by atoms with van der Waals surface area (Å²) in [6.07, 6.45) is 0. The molecule has 0 spiro atoms. The van der Waals surface area contributed by atoms with Crippen LogP contribution in [0.15, 0.2) is 51.4 Å². The average molecular weight is 449 g/mol. The summed E-state index contributed by atoms with van der Waals surface area (Å²) in [7, 11) is 0. The molecule has 0 amide bonds. The molecule has 110 valence electrons. The van der Waals surface area contributed by atoms with Crippen molar-refractivity contribution < 1.29 is 0 Å². The fourth-order valence-electron chi connectivity index (χ4n) is 1.77. The zero-order chi connectivity index (χ0) is 15.4. The molecule has 0 aliphatic heterocycles. The van der Waals surface area contributed by atoms with Crippen LogP contribution in [0.2, 0.25) is 5.02 Å². The largest absolute Gasteiger partial charge is 0.356 e. The third-order valence-electron chi connectivity index (χ3n) is 2.90. The van der Waals surface area contributed by atoms with Gasteiger partial charge in [-0.1, -0.05) is 39.7 Å². The van der Waals surface area contributed by atoms with Crippen LogP contribution in [0.4, 0.5) is 5.69 Å².